The Balaban J connectivity index is 1.80. The van der Waals surface area contributed by atoms with Crippen molar-refractivity contribution >= 4 is 28.6 Å². The molecular formula is C12H10F3IN4O3. The number of aromatic nitrogens is 4. The average Bonchev–Trinajstić information content (AvgIpc) is 2.81. The van der Waals surface area contributed by atoms with Crippen molar-refractivity contribution in [1.82, 2.24) is 19.7 Å². The number of carbonyl (C=O) groups excluding carboxylic acids is 1. The molecule has 0 aliphatic carbocycles. The SMILES string of the molecule is Cn1nc(COCOC(=O)c2ccc(C(F)(F)F)nc2)nc1I. The van der Waals surface area contributed by atoms with Gasteiger partial charge in [-0.05, 0) is 12.1 Å². The summed E-state index contributed by atoms with van der Waals surface area (Å²) in [6, 6.07) is 1.69. The Bertz CT molecular complexity index is 668. The Morgan fingerprint density at radius 1 is 1.39 bits per heavy atom. The minimum atomic E-state index is -4.56. The molecule has 0 spiro atoms. The average molecular weight is 442 g/mol. The lowest BCUT2D eigenvalue weighted by Gasteiger charge is -2.07. The fourth-order valence-electron chi connectivity index (χ4n) is 1.47. The minimum absolute atomic E-state index is 0.0371. The number of pyridine rings is 1. The summed E-state index contributed by atoms with van der Waals surface area (Å²) < 4.78 is 49.1. The zero-order valence-corrected chi connectivity index (χ0v) is 13.8. The van der Waals surface area contributed by atoms with Crippen LogP contribution in [0.15, 0.2) is 18.3 Å². The Labute approximate surface area is 142 Å². The van der Waals surface area contributed by atoms with Gasteiger partial charge in [-0.3, -0.25) is 4.98 Å². The molecule has 124 valence electrons. The molecule has 0 aromatic carbocycles. The number of rotatable bonds is 5. The van der Waals surface area contributed by atoms with E-state index in [2.05, 4.69) is 15.1 Å². The van der Waals surface area contributed by atoms with Gasteiger partial charge in [0.2, 0.25) is 0 Å². The van der Waals surface area contributed by atoms with E-state index in [1.807, 2.05) is 22.6 Å². The lowest BCUT2D eigenvalue weighted by Crippen LogP contribution is -2.12. The second kappa shape index (κ2) is 7.21. The summed E-state index contributed by atoms with van der Waals surface area (Å²) in [6.07, 6.45) is -3.76. The van der Waals surface area contributed by atoms with E-state index in [-0.39, 0.29) is 19.0 Å². The Hall–Kier alpha value is -1.76. The molecule has 0 N–H and O–H groups in total. The Morgan fingerprint density at radius 3 is 2.65 bits per heavy atom. The lowest BCUT2D eigenvalue weighted by molar-refractivity contribution is -0.141. The molecule has 23 heavy (non-hydrogen) atoms. The van der Waals surface area contributed by atoms with Crippen molar-refractivity contribution in [2.75, 3.05) is 6.79 Å². The molecule has 0 aliphatic heterocycles. The summed E-state index contributed by atoms with van der Waals surface area (Å²) >= 11 is 1.99. The van der Waals surface area contributed by atoms with Crippen molar-refractivity contribution in [3.63, 3.8) is 0 Å². The van der Waals surface area contributed by atoms with Crippen LogP contribution in [0, 0.1) is 3.83 Å². The van der Waals surface area contributed by atoms with Gasteiger partial charge in [0.05, 0.1) is 5.56 Å². The number of carbonyl (C=O) groups is 1. The first-order valence-corrected chi connectivity index (χ1v) is 7.19. The number of hydrogen-bond acceptors (Lipinski definition) is 6. The second-order valence-electron chi connectivity index (χ2n) is 4.25. The summed E-state index contributed by atoms with van der Waals surface area (Å²) in [4.78, 5) is 18.9. The van der Waals surface area contributed by atoms with Crippen molar-refractivity contribution < 1.29 is 27.4 Å². The van der Waals surface area contributed by atoms with Crippen LogP contribution in [-0.2, 0) is 29.3 Å². The molecule has 0 atom stereocenters. The van der Waals surface area contributed by atoms with Gasteiger partial charge < -0.3 is 9.47 Å². The maximum atomic E-state index is 12.3. The molecule has 0 bridgehead atoms. The monoisotopic (exact) mass is 442 g/mol. The zero-order chi connectivity index (χ0) is 17.0. The molecule has 0 saturated carbocycles. The highest BCUT2D eigenvalue weighted by molar-refractivity contribution is 14.1. The fraction of sp³-hybridized carbons (Fsp3) is 0.333. The number of nitrogens with zero attached hydrogens (tertiary/aromatic N) is 4. The molecule has 2 aromatic heterocycles. The molecule has 2 rings (SSSR count). The summed E-state index contributed by atoms with van der Waals surface area (Å²) in [7, 11) is 1.72. The molecule has 2 heterocycles. The van der Waals surface area contributed by atoms with Crippen LogP contribution in [0.1, 0.15) is 21.9 Å². The molecule has 2 aromatic rings. The third-order valence-corrected chi connectivity index (χ3v) is 3.49. The van der Waals surface area contributed by atoms with Crippen molar-refractivity contribution in [2.24, 2.45) is 7.05 Å². The second-order valence-corrected chi connectivity index (χ2v) is 5.21. The number of hydrogen-bond donors (Lipinski definition) is 0. The normalized spacial score (nSPS) is 11.5. The summed E-state index contributed by atoms with van der Waals surface area (Å²) in [5.74, 6) is -0.418. The van der Waals surface area contributed by atoms with Gasteiger partial charge >= 0.3 is 12.1 Å². The number of esters is 1. The van der Waals surface area contributed by atoms with Gasteiger partial charge in [-0.15, -0.1) is 0 Å². The summed E-state index contributed by atoms with van der Waals surface area (Å²) in [6.45, 7) is -0.343. The van der Waals surface area contributed by atoms with Crippen LogP contribution in [0.25, 0.3) is 0 Å². The van der Waals surface area contributed by atoms with E-state index < -0.39 is 17.8 Å². The zero-order valence-electron chi connectivity index (χ0n) is 11.7. The van der Waals surface area contributed by atoms with Crippen molar-refractivity contribution in [2.45, 2.75) is 12.8 Å². The van der Waals surface area contributed by atoms with Crippen LogP contribution >= 0.6 is 22.6 Å². The molecule has 0 aliphatic rings. The van der Waals surface area contributed by atoms with Gasteiger partial charge in [-0.2, -0.15) is 18.3 Å². The van der Waals surface area contributed by atoms with Crippen molar-refractivity contribution in [1.29, 1.82) is 0 Å². The smallest absolute Gasteiger partial charge is 0.433 e. The van der Waals surface area contributed by atoms with Crippen LogP contribution in [-0.4, -0.2) is 32.5 Å². The predicted octanol–water partition coefficient (Wildman–Crippen LogP) is 2.16. The first-order chi connectivity index (χ1) is 10.8. The van der Waals surface area contributed by atoms with Crippen LogP contribution in [0.4, 0.5) is 13.2 Å². The predicted molar refractivity (Wildman–Crippen MR) is 78.0 cm³/mol. The van der Waals surface area contributed by atoms with Crippen LogP contribution in [0.5, 0.6) is 0 Å². The standard InChI is InChI=1S/C12H10F3IN4O3/c1-20-11(16)18-9(19-20)5-22-6-23-10(21)7-2-3-8(17-4-7)12(13,14)15/h2-4H,5-6H2,1H3. The molecule has 0 unspecified atom stereocenters. The van der Waals surface area contributed by atoms with E-state index in [4.69, 9.17) is 9.47 Å². The summed E-state index contributed by atoms with van der Waals surface area (Å²) in [5, 5.41) is 4.03. The maximum Gasteiger partial charge on any atom is 0.433 e. The lowest BCUT2D eigenvalue weighted by atomic mass is 10.2. The third kappa shape index (κ3) is 4.86. The molecule has 11 heteroatoms. The van der Waals surface area contributed by atoms with Gasteiger partial charge in [0.15, 0.2) is 16.4 Å². The topological polar surface area (TPSA) is 79.1 Å². The van der Waals surface area contributed by atoms with E-state index in [0.717, 1.165) is 12.3 Å². The molecule has 0 radical (unpaired) electrons. The molecular weight excluding hydrogens is 432 g/mol. The molecule has 7 nitrogen and oxygen atoms in total. The third-order valence-electron chi connectivity index (χ3n) is 2.55. The molecule has 0 saturated heterocycles. The van der Waals surface area contributed by atoms with E-state index in [1.165, 1.54) is 0 Å². The molecule has 0 fully saturated rings. The first-order valence-electron chi connectivity index (χ1n) is 6.11. The highest BCUT2D eigenvalue weighted by Gasteiger charge is 2.32. The van der Waals surface area contributed by atoms with E-state index in [0.29, 0.717) is 15.7 Å². The summed E-state index contributed by atoms with van der Waals surface area (Å²) in [5.41, 5.74) is -1.19. The minimum Gasteiger partial charge on any atom is -0.435 e. The van der Waals surface area contributed by atoms with Crippen molar-refractivity contribution in [3.8, 4) is 0 Å². The number of alkyl halides is 3. The number of ether oxygens (including phenoxy) is 2. The fourth-order valence-corrected chi connectivity index (χ4v) is 1.86. The van der Waals surface area contributed by atoms with Gasteiger partial charge in [-0.1, -0.05) is 0 Å². The quantitative estimate of drug-likeness (QED) is 0.306. The number of halogens is 4. The largest absolute Gasteiger partial charge is 0.435 e. The molecule has 0 amide bonds. The number of aryl methyl sites for hydroxylation is 1. The highest BCUT2D eigenvalue weighted by atomic mass is 127. The van der Waals surface area contributed by atoms with Crippen LogP contribution in [0.2, 0.25) is 0 Å². The van der Waals surface area contributed by atoms with E-state index >= 15 is 0 Å². The van der Waals surface area contributed by atoms with Crippen LogP contribution < -0.4 is 0 Å². The van der Waals surface area contributed by atoms with Crippen LogP contribution in [0.3, 0.4) is 0 Å². The van der Waals surface area contributed by atoms with Gasteiger partial charge in [0.25, 0.3) is 0 Å². The Morgan fingerprint density at radius 2 is 2.13 bits per heavy atom. The van der Waals surface area contributed by atoms with E-state index in [9.17, 15) is 18.0 Å². The maximum absolute atomic E-state index is 12.3. The Kier molecular flexibility index (Phi) is 5.51. The van der Waals surface area contributed by atoms with E-state index in [1.54, 1.807) is 11.7 Å². The highest BCUT2D eigenvalue weighted by Crippen LogP contribution is 2.27. The van der Waals surface area contributed by atoms with Crippen molar-refractivity contribution in [3.05, 3.63) is 39.2 Å². The van der Waals surface area contributed by atoms with Gasteiger partial charge in [-0.25, -0.2) is 14.5 Å². The van der Waals surface area contributed by atoms with Gasteiger partial charge in [0, 0.05) is 35.8 Å². The first kappa shape index (κ1) is 17.6. The van der Waals surface area contributed by atoms with Gasteiger partial charge in [0.1, 0.15) is 12.3 Å².